The highest BCUT2D eigenvalue weighted by molar-refractivity contribution is 5.33. The highest BCUT2D eigenvalue weighted by Gasteiger charge is 2.40. The van der Waals surface area contributed by atoms with Crippen LogP contribution < -0.4 is 0 Å². The maximum absolute atomic E-state index is 10.9. The van der Waals surface area contributed by atoms with Crippen LogP contribution in [-0.2, 0) is 0 Å². The fraction of sp³-hybridized carbons (Fsp3) is 0.700. The zero-order valence-electron chi connectivity index (χ0n) is 14.3. The molecule has 0 radical (unpaired) electrons. The van der Waals surface area contributed by atoms with Crippen LogP contribution in [0.15, 0.2) is 34.9 Å². The van der Waals surface area contributed by atoms with Gasteiger partial charge in [0.15, 0.2) is 0 Å². The van der Waals surface area contributed by atoms with Crippen molar-refractivity contribution in [2.45, 2.75) is 78.7 Å². The summed E-state index contributed by atoms with van der Waals surface area (Å²) >= 11 is 0. The van der Waals surface area contributed by atoms with E-state index in [-0.39, 0.29) is 11.5 Å². The molecule has 0 aromatic carbocycles. The summed E-state index contributed by atoms with van der Waals surface area (Å²) in [6.45, 7) is 13.3. The van der Waals surface area contributed by atoms with E-state index in [1.54, 1.807) is 0 Å². The molecule has 21 heavy (non-hydrogen) atoms. The van der Waals surface area contributed by atoms with Gasteiger partial charge in [-0.05, 0) is 68.8 Å². The van der Waals surface area contributed by atoms with E-state index in [0.717, 1.165) is 38.5 Å². The predicted octanol–water partition coefficient (Wildman–Crippen LogP) is 5.57. The number of aliphatic hydroxyl groups excluding tert-OH is 1. The standard InChI is InChI=1S/C20H32O/c1-14(2)17-10-12-20(5)11-9-15(3)7-6-8-16(4)13-18(21)19(17)20/h8,14,18,21H,3,6-7,9-13H2,1-2,4-5H3/b16-8+/t18-,20-/m1/s1. The van der Waals surface area contributed by atoms with Gasteiger partial charge in [-0.1, -0.05) is 50.1 Å². The lowest BCUT2D eigenvalue weighted by molar-refractivity contribution is 0.173. The molecule has 0 aromatic heterocycles. The van der Waals surface area contributed by atoms with Crippen LogP contribution in [0.1, 0.15) is 72.6 Å². The Morgan fingerprint density at radius 3 is 2.57 bits per heavy atom. The number of allylic oxidation sites excluding steroid dienone is 3. The second-order valence-corrected chi connectivity index (χ2v) is 7.71. The molecule has 0 aliphatic heterocycles. The summed E-state index contributed by atoms with van der Waals surface area (Å²) in [5.74, 6) is 0.550. The van der Waals surface area contributed by atoms with Crippen molar-refractivity contribution in [1.29, 1.82) is 0 Å². The monoisotopic (exact) mass is 288 g/mol. The van der Waals surface area contributed by atoms with Crippen molar-refractivity contribution in [3.8, 4) is 0 Å². The highest BCUT2D eigenvalue weighted by atomic mass is 16.3. The zero-order valence-corrected chi connectivity index (χ0v) is 14.3. The molecule has 0 saturated carbocycles. The van der Waals surface area contributed by atoms with E-state index in [1.165, 1.54) is 28.7 Å². The maximum Gasteiger partial charge on any atom is 0.0795 e. The summed E-state index contributed by atoms with van der Waals surface area (Å²) in [7, 11) is 0. The summed E-state index contributed by atoms with van der Waals surface area (Å²) in [4.78, 5) is 0. The Labute approximate surface area is 130 Å². The first-order valence-corrected chi connectivity index (χ1v) is 8.57. The molecule has 2 aliphatic carbocycles. The van der Waals surface area contributed by atoms with Crippen LogP contribution in [-0.4, -0.2) is 11.2 Å². The van der Waals surface area contributed by atoms with Gasteiger partial charge in [-0.25, -0.2) is 0 Å². The van der Waals surface area contributed by atoms with Crippen molar-refractivity contribution in [2.75, 3.05) is 0 Å². The Bertz CT molecular complexity index is 466. The van der Waals surface area contributed by atoms with E-state index in [9.17, 15) is 5.11 Å². The van der Waals surface area contributed by atoms with Gasteiger partial charge in [0, 0.05) is 0 Å². The second kappa shape index (κ2) is 6.52. The number of rotatable bonds is 1. The molecule has 0 heterocycles. The Morgan fingerprint density at radius 2 is 1.90 bits per heavy atom. The third-order valence-electron chi connectivity index (χ3n) is 5.51. The average Bonchev–Trinajstić information content (AvgIpc) is 2.73. The molecule has 0 spiro atoms. The number of hydrogen-bond acceptors (Lipinski definition) is 1. The van der Waals surface area contributed by atoms with Crippen LogP contribution in [0, 0.1) is 11.3 Å². The van der Waals surface area contributed by atoms with Crippen LogP contribution in [0.5, 0.6) is 0 Å². The van der Waals surface area contributed by atoms with Gasteiger partial charge in [-0.3, -0.25) is 0 Å². The van der Waals surface area contributed by atoms with Crippen LogP contribution >= 0.6 is 0 Å². The molecule has 0 aromatic rings. The van der Waals surface area contributed by atoms with E-state index in [1.807, 2.05) is 0 Å². The molecule has 0 saturated heterocycles. The van der Waals surface area contributed by atoms with Crippen LogP contribution in [0.25, 0.3) is 0 Å². The fourth-order valence-electron chi connectivity index (χ4n) is 4.13. The minimum absolute atomic E-state index is 0.173. The molecule has 1 N–H and O–H groups in total. The minimum Gasteiger partial charge on any atom is -0.388 e. The molecule has 0 bridgehead atoms. The molecule has 2 aliphatic rings. The quantitative estimate of drug-likeness (QED) is 0.626. The first-order chi connectivity index (χ1) is 9.83. The normalized spacial score (nSPS) is 34.5. The Hall–Kier alpha value is -0.820. The van der Waals surface area contributed by atoms with Crippen molar-refractivity contribution in [3.63, 3.8) is 0 Å². The summed E-state index contributed by atoms with van der Waals surface area (Å²) in [6, 6.07) is 0. The molecular weight excluding hydrogens is 256 g/mol. The van der Waals surface area contributed by atoms with Crippen molar-refractivity contribution in [3.05, 3.63) is 34.9 Å². The Kier molecular flexibility index (Phi) is 5.14. The highest BCUT2D eigenvalue weighted by Crippen LogP contribution is 2.50. The summed E-state index contributed by atoms with van der Waals surface area (Å²) in [6.07, 6.45) is 9.58. The summed E-state index contributed by atoms with van der Waals surface area (Å²) in [5.41, 5.74) is 5.74. The lowest BCUT2D eigenvalue weighted by atomic mass is 9.74. The van der Waals surface area contributed by atoms with Gasteiger partial charge in [0.25, 0.3) is 0 Å². The van der Waals surface area contributed by atoms with Gasteiger partial charge >= 0.3 is 0 Å². The Morgan fingerprint density at radius 1 is 1.24 bits per heavy atom. The maximum atomic E-state index is 10.9. The molecular formula is C20H32O. The number of hydrogen-bond donors (Lipinski definition) is 1. The van der Waals surface area contributed by atoms with Crippen molar-refractivity contribution >= 4 is 0 Å². The van der Waals surface area contributed by atoms with E-state index >= 15 is 0 Å². The van der Waals surface area contributed by atoms with Crippen molar-refractivity contribution < 1.29 is 5.11 Å². The first kappa shape index (κ1) is 16.5. The molecule has 1 heteroatoms. The van der Waals surface area contributed by atoms with Crippen LogP contribution in [0.2, 0.25) is 0 Å². The second-order valence-electron chi connectivity index (χ2n) is 7.71. The van der Waals surface area contributed by atoms with E-state index in [2.05, 4.69) is 40.3 Å². The lowest BCUT2D eigenvalue weighted by Gasteiger charge is -2.32. The predicted molar refractivity (Wildman–Crippen MR) is 91.2 cm³/mol. The molecule has 118 valence electrons. The summed E-state index contributed by atoms with van der Waals surface area (Å²) < 4.78 is 0. The third-order valence-corrected chi connectivity index (χ3v) is 5.51. The fourth-order valence-corrected chi connectivity index (χ4v) is 4.13. The third kappa shape index (κ3) is 3.69. The van der Waals surface area contributed by atoms with E-state index in [0.29, 0.717) is 5.92 Å². The first-order valence-electron chi connectivity index (χ1n) is 8.57. The molecule has 0 amide bonds. The van der Waals surface area contributed by atoms with Crippen molar-refractivity contribution in [1.82, 2.24) is 0 Å². The molecule has 2 atom stereocenters. The van der Waals surface area contributed by atoms with E-state index in [4.69, 9.17) is 0 Å². The lowest BCUT2D eigenvalue weighted by Crippen LogP contribution is -2.26. The van der Waals surface area contributed by atoms with Gasteiger partial charge in [0.05, 0.1) is 6.10 Å². The molecule has 1 nitrogen and oxygen atoms in total. The molecule has 0 fully saturated rings. The van der Waals surface area contributed by atoms with E-state index < -0.39 is 0 Å². The van der Waals surface area contributed by atoms with Gasteiger partial charge in [-0.15, -0.1) is 0 Å². The number of aliphatic hydroxyl groups is 1. The Balaban J connectivity index is 2.39. The smallest absolute Gasteiger partial charge is 0.0795 e. The zero-order chi connectivity index (χ0) is 15.6. The van der Waals surface area contributed by atoms with Gasteiger partial charge in [0.1, 0.15) is 0 Å². The number of fused-ring (bicyclic) bond motifs is 1. The SMILES string of the molecule is C=C1CC/C=C(\C)C[C@@H](O)C2=C(C(C)C)CC[C@@]2(C)CC1. The molecule has 2 rings (SSSR count). The van der Waals surface area contributed by atoms with Gasteiger partial charge in [-0.2, -0.15) is 0 Å². The largest absolute Gasteiger partial charge is 0.388 e. The van der Waals surface area contributed by atoms with Crippen molar-refractivity contribution in [2.24, 2.45) is 11.3 Å². The minimum atomic E-state index is -0.294. The van der Waals surface area contributed by atoms with Gasteiger partial charge < -0.3 is 5.11 Å². The topological polar surface area (TPSA) is 20.2 Å². The average molecular weight is 288 g/mol. The van der Waals surface area contributed by atoms with Crippen LogP contribution in [0.4, 0.5) is 0 Å². The van der Waals surface area contributed by atoms with Gasteiger partial charge in [0.2, 0.25) is 0 Å². The summed E-state index contributed by atoms with van der Waals surface area (Å²) in [5, 5.41) is 10.9. The molecule has 0 unspecified atom stereocenters. The van der Waals surface area contributed by atoms with Crippen LogP contribution in [0.3, 0.4) is 0 Å².